The fourth-order valence-corrected chi connectivity index (χ4v) is 2.62. The molecule has 1 aromatic heterocycles. The molecule has 0 radical (unpaired) electrons. The molecule has 0 aliphatic heterocycles. The summed E-state index contributed by atoms with van der Waals surface area (Å²) in [4.78, 5) is 24.2. The fourth-order valence-electron chi connectivity index (χ4n) is 2.14. The molecule has 0 spiro atoms. The molecule has 0 bridgehead atoms. The first-order chi connectivity index (χ1) is 11.0. The molecular formula is C16H18BrN3O3. The number of nitrogens with zero attached hydrogens (tertiary/aromatic N) is 2. The van der Waals surface area contributed by atoms with Gasteiger partial charge >= 0.3 is 5.97 Å². The van der Waals surface area contributed by atoms with Crippen LogP contribution in [0.3, 0.4) is 0 Å². The minimum atomic E-state index is -0.561. The number of anilines is 1. The van der Waals surface area contributed by atoms with Crippen LogP contribution in [-0.4, -0.2) is 28.8 Å². The maximum Gasteiger partial charge on any atom is 0.358 e. The SMILES string of the molecule is CCCn1nc(C(=O)OC)cc1C(=O)Nc1ccc(Br)cc1C. The van der Waals surface area contributed by atoms with Crippen molar-refractivity contribution in [2.75, 3.05) is 12.4 Å². The molecule has 6 nitrogen and oxygen atoms in total. The maximum absolute atomic E-state index is 12.5. The molecule has 2 aromatic rings. The van der Waals surface area contributed by atoms with Gasteiger partial charge < -0.3 is 10.1 Å². The van der Waals surface area contributed by atoms with E-state index >= 15 is 0 Å². The van der Waals surface area contributed by atoms with Gasteiger partial charge in [0.25, 0.3) is 5.91 Å². The number of halogens is 1. The van der Waals surface area contributed by atoms with Crippen LogP contribution in [-0.2, 0) is 11.3 Å². The Kier molecular flexibility index (Phi) is 5.54. The highest BCUT2D eigenvalue weighted by molar-refractivity contribution is 9.10. The number of amides is 1. The number of ether oxygens (including phenoxy) is 1. The topological polar surface area (TPSA) is 73.2 Å². The lowest BCUT2D eigenvalue weighted by Crippen LogP contribution is -2.18. The molecule has 0 saturated carbocycles. The van der Waals surface area contributed by atoms with Gasteiger partial charge in [-0.05, 0) is 37.1 Å². The summed E-state index contributed by atoms with van der Waals surface area (Å²) in [5.41, 5.74) is 2.10. The number of rotatable bonds is 5. The molecular weight excluding hydrogens is 362 g/mol. The third-order valence-corrected chi connectivity index (χ3v) is 3.77. The van der Waals surface area contributed by atoms with Crippen LogP contribution in [0, 0.1) is 6.92 Å². The molecule has 0 aliphatic carbocycles. The van der Waals surface area contributed by atoms with Crippen molar-refractivity contribution in [2.45, 2.75) is 26.8 Å². The van der Waals surface area contributed by atoms with Crippen LogP contribution < -0.4 is 5.32 Å². The van der Waals surface area contributed by atoms with Crippen molar-refractivity contribution in [1.29, 1.82) is 0 Å². The van der Waals surface area contributed by atoms with Crippen LogP contribution in [0.2, 0.25) is 0 Å². The fraction of sp³-hybridized carbons (Fsp3) is 0.312. The number of hydrogen-bond acceptors (Lipinski definition) is 4. The van der Waals surface area contributed by atoms with Crippen LogP contribution >= 0.6 is 15.9 Å². The average Bonchev–Trinajstić information content (AvgIpc) is 2.93. The summed E-state index contributed by atoms with van der Waals surface area (Å²) in [7, 11) is 1.28. The van der Waals surface area contributed by atoms with E-state index in [4.69, 9.17) is 0 Å². The van der Waals surface area contributed by atoms with Crippen LogP contribution in [0.15, 0.2) is 28.7 Å². The highest BCUT2D eigenvalue weighted by Crippen LogP contribution is 2.21. The van der Waals surface area contributed by atoms with Gasteiger partial charge in [-0.2, -0.15) is 5.10 Å². The Morgan fingerprint density at radius 2 is 2.09 bits per heavy atom. The van der Waals surface area contributed by atoms with E-state index in [0.29, 0.717) is 17.9 Å². The first kappa shape index (κ1) is 17.2. The standard InChI is InChI=1S/C16H18BrN3O3/c1-4-7-20-14(9-13(19-20)16(22)23-3)15(21)18-12-6-5-11(17)8-10(12)2/h5-6,8-9H,4,7H2,1-3H3,(H,18,21). The smallest absolute Gasteiger partial charge is 0.358 e. The van der Waals surface area contributed by atoms with E-state index in [2.05, 4.69) is 31.1 Å². The number of benzene rings is 1. The van der Waals surface area contributed by atoms with E-state index in [1.54, 1.807) is 0 Å². The number of hydrogen-bond donors (Lipinski definition) is 1. The molecule has 1 amide bonds. The number of aromatic nitrogens is 2. The Balaban J connectivity index is 2.30. The van der Waals surface area contributed by atoms with Crippen molar-refractivity contribution in [2.24, 2.45) is 0 Å². The molecule has 2 rings (SSSR count). The van der Waals surface area contributed by atoms with Gasteiger partial charge in [-0.1, -0.05) is 22.9 Å². The summed E-state index contributed by atoms with van der Waals surface area (Å²) in [5, 5.41) is 6.99. The molecule has 23 heavy (non-hydrogen) atoms. The Morgan fingerprint density at radius 1 is 1.35 bits per heavy atom. The number of nitrogens with one attached hydrogen (secondary N) is 1. The summed E-state index contributed by atoms with van der Waals surface area (Å²) in [6.45, 7) is 4.42. The van der Waals surface area contributed by atoms with E-state index in [9.17, 15) is 9.59 Å². The van der Waals surface area contributed by atoms with Gasteiger partial charge in [-0.25, -0.2) is 4.79 Å². The van der Waals surface area contributed by atoms with Crippen molar-refractivity contribution in [3.63, 3.8) is 0 Å². The van der Waals surface area contributed by atoms with Gasteiger partial charge in [0.05, 0.1) is 7.11 Å². The van der Waals surface area contributed by atoms with Crippen LogP contribution in [0.25, 0.3) is 0 Å². The van der Waals surface area contributed by atoms with E-state index in [1.165, 1.54) is 17.9 Å². The zero-order chi connectivity index (χ0) is 17.0. The monoisotopic (exact) mass is 379 g/mol. The molecule has 7 heteroatoms. The zero-order valence-electron chi connectivity index (χ0n) is 13.2. The first-order valence-electron chi connectivity index (χ1n) is 7.20. The summed E-state index contributed by atoms with van der Waals surface area (Å²) in [6, 6.07) is 7.04. The van der Waals surface area contributed by atoms with Gasteiger partial charge in [0.1, 0.15) is 5.69 Å². The highest BCUT2D eigenvalue weighted by atomic mass is 79.9. The van der Waals surface area contributed by atoms with Gasteiger partial charge in [-0.3, -0.25) is 9.48 Å². The molecule has 0 aliphatic rings. The lowest BCUT2D eigenvalue weighted by atomic mass is 10.2. The molecule has 1 aromatic carbocycles. The van der Waals surface area contributed by atoms with Crippen molar-refractivity contribution in [3.8, 4) is 0 Å². The number of aryl methyl sites for hydroxylation is 2. The van der Waals surface area contributed by atoms with Crippen molar-refractivity contribution >= 4 is 33.5 Å². The number of esters is 1. The third kappa shape index (κ3) is 3.98. The predicted octanol–water partition coefficient (Wildman–Crippen LogP) is 3.40. The van der Waals surface area contributed by atoms with Gasteiger partial charge in [0.2, 0.25) is 0 Å². The quantitative estimate of drug-likeness (QED) is 0.807. The molecule has 1 heterocycles. The lowest BCUT2D eigenvalue weighted by Gasteiger charge is -2.10. The Hall–Kier alpha value is -2.15. The highest BCUT2D eigenvalue weighted by Gasteiger charge is 2.19. The number of carbonyl (C=O) groups is 2. The summed E-state index contributed by atoms with van der Waals surface area (Å²) in [6.07, 6.45) is 0.792. The second-order valence-electron chi connectivity index (χ2n) is 5.04. The Labute approximate surface area is 143 Å². The molecule has 1 N–H and O–H groups in total. The third-order valence-electron chi connectivity index (χ3n) is 3.28. The molecule has 122 valence electrons. The normalized spacial score (nSPS) is 10.4. The summed E-state index contributed by atoms with van der Waals surface area (Å²) in [5.74, 6) is -0.875. The zero-order valence-corrected chi connectivity index (χ0v) is 14.8. The largest absolute Gasteiger partial charge is 0.464 e. The molecule has 0 atom stereocenters. The van der Waals surface area contributed by atoms with Crippen molar-refractivity contribution < 1.29 is 14.3 Å². The second kappa shape index (κ2) is 7.41. The molecule has 0 fully saturated rings. The number of methoxy groups -OCH3 is 1. The maximum atomic E-state index is 12.5. The van der Waals surface area contributed by atoms with Gasteiger partial charge in [-0.15, -0.1) is 0 Å². The van der Waals surface area contributed by atoms with E-state index in [0.717, 1.165) is 16.5 Å². The predicted molar refractivity (Wildman–Crippen MR) is 90.7 cm³/mol. The molecule has 0 saturated heterocycles. The average molecular weight is 380 g/mol. The van der Waals surface area contributed by atoms with Crippen molar-refractivity contribution in [3.05, 3.63) is 45.7 Å². The number of carbonyl (C=O) groups excluding carboxylic acids is 2. The van der Waals surface area contributed by atoms with Crippen molar-refractivity contribution in [1.82, 2.24) is 9.78 Å². The Morgan fingerprint density at radius 3 is 2.70 bits per heavy atom. The summed E-state index contributed by atoms with van der Waals surface area (Å²) < 4.78 is 7.13. The van der Waals surface area contributed by atoms with E-state index in [1.807, 2.05) is 32.0 Å². The van der Waals surface area contributed by atoms with Crippen LogP contribution in [0.5, 0.6) is 0 Å². The summed E-state index contributed by atoms with van der Waals surface area (Å²) >= 11 is 3.39. The minimum absolute atomic E-state index is 0.124. The molecule has 0 unspecified atom stereocenters. The first-order valence-corrected chi connectivity index (χ1v) is 7.99. The van der Waals surface area contributed by atoms with Gasteiger partial charge in [0.15, 0.2) is 5.69 Å². The van der Waals surface area contributed by atoms with Gasteiger partial charge in [0, 0.05) is 22.8 Å². The van der Waals surface area contributed by atoms with Crippen LogP contribution in [0.1, 0.15) is 39.9 Å². The lowest BCUT2D eigenvalue weighted by molar-refractivity contribution is 0.0593. The minimum Gasteiger partial charge on any atom is -0.464 e. The van der Waals surface area contributed by atoms with E-state index < -0.39 is 5.97 Å². The Bertz CT molecular complexity index is 740. The van der Waals surface area contributed by atoms with Crippen LogP contribution in [0.4, 0.5) is 5.69 Å². The second-order valence-corrected chi connectivity index (χ2v) is 5.96. The van der Waals surface area contributed by atoms with E-state index in [-0.39, 0.29) is 11.6 Å².